The van der Waals surface area contributed by atoms with Crippen LogP contribution in [-0.2, 0) is 4.74 Å². The summed E-state index contributed by atoms with van der Waals surface area (Å²) in [6.07, 6.45) is 4.60. The lowest BCUT2D eigenvalue weighted by Gasteiger charge is -2.16. The molecule has 0 aliphatic heterocycles. The predicted octanol–water partition coefficient (Wildman–Crippen LogP) is 3.00. The normalized spacial score (nSPS) is 19.6. The summed E-state index contributed by atoms with van der Waals surface area (Å²) in [6, 6.07) is 0.306. The maximum Gasteiger partial charge on any atom is 0.358 e. The Hall–Kier alpha value is -1.36. The molecule has 2 fully saturated rings. The van der Waals surface area contributed by atoms with Crippen molar-refractivity contribution in [3.8, 4) is 0 Å². The van der Waals surface area contributed by atoms with Crippen molar-refractivity contribution in [1.29, 1.82) is 0 Å². The second-order valence-electron chi connectivity index (χ2n) is 5.63. The van der Waals surface area contributed by atoms with Crippen LogP contribution in [0.25, 0.3) is 0 Å². The number of methoxy groups -OCH3 is 1. The van der Waals surface area contributed by atoms with E-state index < -0.39 is 5.97 Å². The zero-order valence-corrected chi connectivity index (χ0v) is 12.4. The Morgan fingerprint density at radius 1 is 1.35 bits per heavy atom. The Labute approximate surface area is 123 Å². The minimum Gasteiger partial charge on any atom is -0.464 e. The van der Waals surface area contributed by atoms with E-state index in [4.69, 9.17) is 16.3 Å². The fraction of sp³-hybridized carbons (Fsp3) is 0.643. The van der Waals surface area contributed by atoms with Gasteiger partial charge in [0.1, 0.15) is 16.7 Å². The molecule has 1 atom stereocenters. The highest BCUT2D eigenvalue weighted by Gasteiger charge is 2.32. The van der Waals surface area contributed by atoms with Gasteiger partial charge in [-0.25, -0.2) is 14.8 Å². The van der Waals surface area contributed by atoms with Crippen LogP contribution in [-0.4, -0.2) is 29.1 Å². The average Bonchev–Trinajstić information content (AvgIpc) is 3.31. The maximum absolute atomic E-state index is 11.8. The van der Waals surface area contributed by atoms with Crippen molar-refractivity contribution < 1.29 is 9.53 Å². The minimum absolute atomic E-state index is 0.163. The van der Waals surface area contributed by atoms with E-state index in [1.807, 2.05) is 0 Å². The van der Waals surface area contributed by atoms with Crippen LogP contribution in [0.3, 0.4) is 0 Å². The molecule has 1 N–H and O–H groups in total. The molecular formula is C14H18ClN3O2. The van der Waals surface area contributed by atoms with Gasteiger partial charge in [-0.15, -0.1) is 0 Å². The van der Waals surface area contributed by atoms with Crippen molar-refractivity contribution in [2.75, 3.05) is 12.4 Å². The van der Waals surface area contributed by atoms with E-state index >= 15 is 0 Å². The number of anilines is 1. The van der Waals surface area contributed by atoms with Crippen molar-refractivity contribution in [3.05, 3.63) is 16.5 Å². The van der Waals surface area contributed by atoms with E-state index in [0.717, 1.165) is 12.8 Å². The van der Waals surface area contributed by atoms with Crippen molar-refractivity contribution in [2.24, 2.45) is 5.92 Å². The molecule has 3 rings (SSSR count). The quantitative estimate of drug-likeness (QED) is 0.846. The molecule has 0 bridgehead atoms. The zero-order chi connectivity index (χ0) is 14.3. The van der Waals surface area contributed by atoms with Gasteiger partial charge >= 0.3 is 5.97 Å². The topological polar surface area (TPSA) is 64.1 Å². The molecule has 1 aromatic heterocycles. The summed E-state index contributed by atoms with van der Waals surface area (Å²) in [7, 11) is 1.33. The number of nitrogens with zero attached hydrogens (tertiary/aromatic N) is 2. The number of rotatable bonds is 5. The number of nitrogens with one attached hydrogen (secondary N) is 1. The van der Waals surface area contributed by atoms with Gasteiger partial charge in [0.05, 0.1) is 7.11 Å². The number of halogens is 1. The molecule has 6 heteroatoms. The van der Waals surface area contributed by atoms with E-state index in [1.165, 1.54) is 20.0 Å². The number of carbonyl (C=O) groups excluding carboxylic acids is 1. The highest BCUT2D eigenvalue weighted by atomic mass is 35.5. The van der Waals surface area contributed by atoms with Crippen molar-refractivity contribution in [3.63, 3.8) is 0 Å². The van der Waals surface area contributed by atoms with Crippen LogP contribution in [0.1, 0.15) is 54.8 Å². The molecule has 1 heterocycles. The monoisotopic (exact) mass is 295 g/mol. The Morgan fingerprint density at radius 2 is 2.05 bits per heavy atom. The molecule has 0 saturated heterocycles. The number of hydrogen-bond donors (Lipinski definition) is 1. The van der Waals surface area contributed by atoms with E-state index in [-0.39, 0.29) is 10.7 Å². The summed E-state index contributed by atoms with van der Waals surface area (Å²) in [5, 5.41) is 3.58. The van der Waals surface area contributed by atoms with Crippen molar-refractivity contribution >= 4 is 23.4 Å². The van der Waals surface area contributed by atoms with Gasteiger partial charge in [0.25, 0.3) is 0 Å². The minimum atomic E-state index is -0.513. The third-order valence-corrected chi connectivity index (χ3v) is 4.24. The van der Waals surface area contributed by atoms with Gasteiger partial charge < -0.3 is 10.1 Å². The number of esters is 1. The van der Waals surface area contributed by atoms with Crippen molar-refractivity contribution in [2.45, 2.75) is 44.6 Å². The number of aromatic nitrogens is 2. The van der Waals surface area contributed by atoms with Gasteiger partial charge in [0, 0.05) is 12.0 Å². The average molecular weight is 296 g/mol. The Balaban J connectivity index is 1.93. The summed E-state index contributed by atoms with van der Waals surface area (Å²) >= 11 is 6.26. The number of hydrogen-bond acceptors (Lipinski definition) is 5. The number of carbonyl (C=O) groups is 1. The molecule has 5 nitrogen and oxygen atoms in total. The molecule has 0 amide bonds. The van der Waals surface area contributed by atoms with Gasteiger partial charge in [0.15, 0.2) is 5.69 Å². The molecule has 2 aliphatic rings. The molecule has 0 spiro atoms. The van der Waals surface area contributed by atoms with Gasteiger partial charge in [-0.05, 0) is 38.5 Å². The predicted molar refractivity (Wildman–Crippen MR) is 76.2 cm³/mol. The largest absolute Gasteiger partial charge is 0.464 e. The Bertz CT molecular complexity index is 541. The SMILES string of the molecule is COC(=O)c1nc(C2CC2)nc(NC(C)C2CC2)c1Cl. The molecule has 20 heavy (non-hydrogen) atoms. The Kier molecular flexibility index (Phi) is 3.54. The van der Waals surface area contributed by atoms with E-state index in [0.29, 0.717) is 29.5 Å². The summed E-state index contributed by atoms with van der Waals surface area (Å²) < 4.78 is 4.75. The molecular weight excluding hydrogens is 278 g/mol. The van der Waals surface area contributed by atoms with E-state index in [2.05, 4.69) is 22.2 Å². The van der Waals surface area contributed by atoms with Crippen LogP contribution in [0.15, 0.2) is 0 Å². The van der Waals surface area contributed by atoms with E-state index in [1.54, 1.807) is 0 Å². The van der Waals surface area contributed by atoms with Crippen LogP contribution in [0.2, 0.25) is 5.02 Å². The summed E-state index contributed by atoms with van der Waals surface area (Å²) in [5.74, 6) is 1.77. The molecule has 0 radical (unpaired) electrons. The van der Waals surface area contributed by atoms with Crippen LogP contribution in [0, 0.1) is 5.92 Å². The standard InChI is InChI=1S/C14H18ClN3O2/c1-7(8-3-4-8)16-13-10(15)11(14(19)20-2)17-12(18-13)9-5-6-9/h7-9H,3-6H2,1-2H3,(H,16,17,18). The number of ether oxygens (including phenoxy) is 1. The van der Waals surface area contributed by atoms with E-state index in [9.17, 15) is 4.79 Å². The first kappa shape index (κ1) is 13.6. The summed E-state index contributed by atoms with van der Waals surface area (Å²) in [6.45, 7) is 2.12. The summed E-state index contributed by atoms with van der Waals surface area (Å²) in [5.41, 5.74) is 0.163. The summed E-state index contributed by atoms with van der Waals surface area (Å²) in [4.78, 5) is 20.6. The molecule has 108 valence electrons. The van der Waals surface area contributed by atoms with Crippen LogP contribution in [0.5, 0.6) is 0 Å². The third-order valence-electron chi connectivity index (χ3n) is 3.88. The van der Waals surface area contributed by atoms with Crippen molar-refractivity contribution in [1.82, 2.24) is 9.97 Å². The molecule has 1 unspecified atom stereocenters. The van der Waals surface area contributed by atoms with Gasteiger partial charge in [-0.2, -0.15) is 0 Å². The smallest absolute Gasteiger partial charge is 0.358 e. The van der Waals surface area contributed by atoms with Gasteiger partial charge in [-0.3, -0.25) is 0 Å². The lowest BCUT2D eigenvalue weighted by atomic mass is 10.2. The van der Waals surface area contributed by atoms with Crippen LogP contribution in [0.4, 0.5) is 5.82 Å². The Morgan fingerprint density at radius 3 is 2.60 bits per heavy atom. The zero-order valence-electron chi connectivity index (χ0n) is 11.6. The second-order valence-corrected chi connectivity index (χ2v) is 6.01. The lowest BCUT2D eigenvalue weighted by Crippen LogP contribution is -2.20. The molecule has 2 aliphatic carbocycles. The van der Waals surface area contributed by atoms with Crippen LogP contribution < -0.4 is 5.32 Å². The fourth-order valence-electron chi connectivity index (χ4n) is 2.25. The molecule has 0 aromatic carbocycles. The van der Waals surface area contributed by atoms with Gasteiger partial charge in [-0.1, -0.05) is 11.6 Å². The highest BCUT2D eigenvalue weighted by molar-refractivity contribution is 6.35. The first-order chi connectivity index (χ1) is 9.60. The first-order valence-electron chi connectivity index (χ1n) is 7.02. The fourth-order valence-corrected chi connectivity index (χ4v) is 2.46. The highest BCUT2D eigenvalue weighted by Crippen LogP contribution is 2.40. The third kappa shape index (κ3) is 2.73. The van der Waals surface area contributed by atoms with Crippen LogP contribution >= 0.6 is 11.6 Å². The van der Waals surface area contributed by atoms with Gasteiger partial charge in [0.2, 0.25) is 0 Å². The molecule has 1 aromatic rings. The lowest BCUT2D eigenvalue weighted by molar-refractivity contribution is 0.0593. The maximum atomic E-state index is 11.8. The second kappa shape index (κ2) is 5.20. The molecule has 2 saturated carbocycles. The first-order valence-corrected chi connectivity index (χ1v) is 7.40.